The standard InChI is InChI=1S/C33H26IN3O6/c1-2-42-28-20-22(19-27(34)30(28)43-21-29(38)35-23-12-6-3-7-13-23)18-26-31(39)36(24-14-8-4-9-15-24)33(41)37(32(26)40)25-16-10-5-11-17-25/h3-20H,2,21H2,1H3,(H,35,38). The SMILES string of the molecule is CCOc1cc(C=C2C(=O)N(c3ccccc3)C(=O)N(c3ccccc3)C2=O)cc(I)c1OCC(=O)Nc1ccccc1. The molecule has 0 aromatic heterocycles. The molecule has 4 aromatic rings. The van der Waals surface area contributed by atoms with Crippen molar-refractivity contribution in [2.24, 2.45) is 0 Å². The minimum atomic E-state index is -0.772. The van der Waals surface area contributed by atoms with Crippen molar-refractivity contribution < 1.29 is 28.7 Å². The highest BCUT2D eigenvalue weighted by atomic mass is 127. The molecule has 1 heterocycles. The van der Waals surface area contributed by atoms with Crippen LogP contribution in [0.15, 0.2) is 109 Å². The molecule has 0 radical (unpaired) electrons. The molecule has 0 aliphatic carbocycles. The van der Waals surface area contributed by atoms with E-state index in [-0.39, 0.29) is 18.1 Å². The molecule has 1 aliphatic rings. The summed E-state index contributed by atoms with van der Waals surface area (Å²) in [6.45, 7) is 1.85. The molecular formula is C33H26IN3O6. The van der Waals surface area contributed by atoms with Crippen LogP contribution < -0.4 is 24.6 Å². The number of nitrogens with zero attached hydrogens (tertiary/aromatic N) is 2. The summed E-state index contributed by atoms with van der Waals surface area (Å²) in [4.78, 5) is 55.4. The largest absolute Gasteiger partial charge is 0.490 e. The summed E-state index contributed by atoms with van der Waals surface area (Å²) in [5.41, 5.74) is 1.58. The average molecular weight is 687 g/mol. The maximum atomic E-state index is 13.7. The van der Waals surface area contributed by atoms with Crippen LogP contribution in [0.2, 0.25) is 0 Å². The number of rotatable bonds is 9. The summed E-state index contributed by atoms with van der Waals surface area (Å²) in [7, 11) is 0. The fourth-order valence-electron chi connectivity index (χ4n) is 4.44. The summed E-state index contributed by atoms with van der Waals surface area (Å²) >= 11 is 2.05. The first kappa shape index (κ1) is 29.5. The second kappa shape index (κ2) is 13.3. The van der Waals surface area contributed by atoms with Crippen molar-refractivity contribution in [2.45, 2.75) is 6.92 Å². The lowest BCUT2D eigenvalue weighted by Crippen LogP contribution is -2.57. The Hall–Kier alpha value is -4.97. The number of barbiturate groups is 1. The molecule has 1 fully saturated rings. The highest BCUT2D eigenvalue weighted by molar-refractivity contribution is 14.1. The van der Waals surface area contributed by atoms with Gasteiger partial charge in [-0.25, -0.2) is 14.6 Å². The number of ether oxygens (including phenoxy) is 2. The molecule has 9 nitrogen and oxygen atoms in total. The molecule has 0 bridgehead atoms. The van der Waals surface area contributed by atoms with Gasteiger partial charge in [0.25, 0.3) is 17.7 Å². The first-order chi connectivity index (χ1) is 20.9. The van der Waals surface area contributed by atoms with Crippen LogP contribution in [0.1, 0.15) is 12.5 Å². The Morgan fingerprint density at radius 2 is 1.33 bits per heavy atom. The molecule has 5 rings (SSSR count). The summed E-state index contributed by atoms with van der Waals surface area (Å²) in [6.07, 6.45) is 1.43. The van der Waals surface area contributed by atoms with Crippen molar-refractivity contribution >= 4 is 69.5 Å². The lowest BCUT2D eigenvalue weighted by molar-refractivity contribution is -0.121. The first-order valence-electron chi connectivity index (χ1n) is 13.4. The molecule has 0 unspecified atom stereocenters. The molecule has 10 heteroatoms. The van der Waals surface area contributed by atoms with Crippen molar-refractivity contribution in [3.8, 4) is 11.5 Å². The Labute approximate surface area is 261 Å². The van der Waals surface area contributed by atoms with Crippen LogP contribution in [0, 0.1) is 3.57 Å². The number of nitrogens with one attached hydrogen (secondary N) is 1. The van der Waals surface area contributed by atoms with Crippen molar-refractivity contribution in [3.63, 3.8) is 0 Å². The van der Waals surface area contributed by atoms with Crippen molar-refractivity contribution in [1.82, 2.24) is 0 Å². The molecule has 1 saturated heterocycles. The number of anilines is 3. The number of imide groups is 2. The number of hydrogen-bond acceptors (Lipinski definition) is 6. The zero-order chi connectivity index (χ0) is 30.3. The minimum absolute atomic E-state index is 0.207. The van der Waals surface area contributed by atoms with Gasteiger partial charge in [-0.15, -0.1) is 0 Å². The van der Waals surface area contributed by atoms with Gasteiger partial charge in [0, 0.05) is 5.69 Å². The van der Waals surface area contributed by atoms with Crippen LogP contribution in [-0.4, -0.2) is 37.0 Å². The van der Waals surface area contributed by atoms with Crippen LogP contribution in [0.3, 0.4) is 0 Å². The fraction of sp³-hybridized carbons (Fsp3) is 0.0909. The van der Waals surface area contributed by atoms with Gasteiger partial charge in [-0.1, -0.05) is 54.6 Å². The second-order valence-electron chi connectivity index (χ2n) is 9.26. The maximum Gasteiger partial charge on any atom is 0.343 e. The highest BCUT2D eigenvalue weighted by Crippen LogP contribution is 2.36. The summed E-state index contributed by atoms with van der Waals surface area (Å²) in [5.74, 6) is -1.17. The van der Waals surface area contributed by atoms with Crippen LogP contribution in [0.5, 0.6) is 11.5 Å². The molecule has 4 aromatic carbocycles. The quantitative estimate of drug-likeness (QED) is 0.126. The average Bonchev–Trinajstić information content (AvgIpc) is 3.01. The maximum absolute atomic E-state index is 13.7. The van der Waals surface area contributed by atoms with E-state index in [4.69, 9.17) is 9.47 Å². The Morgan fingerprint density at radius 1 is 0.791 bits per heavy atom. The Balaban J connectivity index is 1.49. The number of para-hydroxylation sites is 3. The number of amides is 5. The van der Waals surface area contributed by atoms with E-state index < -0.39 is 17.8 Å². The van der Waals surface area contributed by atoms with Crippen LogP contribution in [-0.2, 0) is 14.4 Å². The van der Waals surface area contributed by atoms with Gasteiger partial charge in [-0.2, -0.15) is 0 Å². The van der Waals surface area contributed by atoms with E-state index in [2.05, 4.69) is 5.32 Å². The van der Waals surface area contributed by atoms with E-state index in [1.165, 1.54) is 6.08 Å². The van der Waals surface area contributed by atoms with Crippen molar-refractivity contribution in [1.29, 1.82) is 0 Å². The molecular weight excluding hydrogens is 661 g/mol. The monoisotopic (exact) mass is 687 g/mol. The van der Waals surface area contributed by atoms with Gasteiger partial charge in [0.2, 0.25) is 0 Å². The van der Waals surface area contributed by atoms with E-state index >= 15 is 0 Å². The van der Waals surface area contributed by atoms with E-state index in [0.717, 1.165) is 9.80 Å². The molecule has 43 heavy (non-hydrogen) atoms. The number of benzene rings is 4. The van der Waals surface area contributed by atoms with Gasteiger partial charge < -0.3 is 14.8 Å². The number of carbonyl (C=O) groups is 4. The van der Waals surface area contributed by atoms with Crippen LogP contribution in [0.4, 0.5) is 21.9 Å². The Kier molecular flexibility index (Phi) is 9.16. The Morgan fingerprint density at radius 3 is 1.86 bits per heavy atom. The first-order valence-corrected chi connectivity index (χ1v) is 14.4. The zero-order valence-electron chi connectivity index (χ0n) is 23.0. The molecule has 0 atom stereocenters. The van der Waals surface area contributed by atoms with Crippen LogP contribution in [0.25, 0.3) is 6.08 Å². The smallest absolute Gasteiger partial charge is 0.343 e. The predicted molar refractivity (Wildman–Crippen MR) is 172 cm³/mol. The molecule has 1 N–H and O–H groups in total. The van der Waals surface area contributed by atoms with Gasteiger partial charge in [0.1, 0.15) is 5.57 Å². The number of halogens is 1. The van der Waals surface area contributed by atoms with E-state index in [1.54, 1.807) is 91.9 Å². The number of hydrogen-bond donors (Lipinski definition) is 1. The molecule has 0 saturated carbocycles. The summed E-state index contributed by atoms with van der Waals surface area (Å²) < 4.78 is 12.3. The van der Waals surface area contributed by atoms with Crippen molar-refractivity contribution in [3.05, 3.63) is 118 Å². The van der Waals surface area contributed by atoms with Gasteiger partial charge in [-0.3, -0.25) is 14.4 Å². The minimum Gasteiger partial charge on any atom is -0.490 e. The van der Waals surface area contributed by atoms with Gasteiger partial charge >= 0.3 is 6.03 Å². The third kappa shape index (κ3) is 6.59. The van der Waals surface area contributed by atoms with E-state index in [1.807, 2.05) is 40.8 Å². The van der Waals surface area contributed by atoms with Gasteiger partial charge in [0.05, 0.1) is 21.6 Å². The fourth-order valence-corrected chi connectivity index (χ4v) is 5.22. The van der Waals surface area contributed by atoms with E-state index in [9.17, 15) is 19.2 Å². The van der Waals surface area contributed by atoms with Crippen molar-refractivity contribution in [2.75, 3.05) is 28.3 Å². The van der Waals surface area contributed by atoms with Gasteiger partial charge in [-0.05, 0) is 89.7 Å². The van der Waals surface area contributed by atoms with Gasteiger partial charge in [0.15, 0.2) is 18.1 Å². The summed E-state index contributed by atoms with van der Waals surface area (Å²) in [5, 5.41) is 2.77. The molecule has 1 aliphatic heterocycles. The lowest BCUT2D eigenvalue weighted by atomic mass is 10.0. The topological polar surface area (TPSA) is 105 Å². The molecule has 5 amide bonds. The van der Waals surface area contributed by atoms with Crippen LogP contribution >= 0.6 is 22.6 Å². The van der Waals surface area contributed by atoms with E-state index in [0.29, 0.717) is 44.3 Å². The number of urea groups is 1. The summed E-state index contributed by atoms with van der Waals surface area (Å²) in [6, 6.07) is 28.5. The lowest BCUT2D eigenvalue weighted by Gasteiger charge is -2.34. The number of carbonyl (C=O) groups excluding carboxylic acids is 4. The molecule has 0 spiro atoms. The highest BCUT2D eigenvalue weighted by Gasteiger charge is 2.43. The normalized spacial score (nSPS) is 13.2. The zero-order valence-corrected chi connectivity index (χ0v) is 25.2. The molecule has 216 valence electrons. The third-order valence-electron chi connectivity index (χ3n) is 6.33. The second-order valence-corrected chi connectivity index (χ2v) is 10.4. The Bertz CT molecular complexity index is 1630. The predicted octanol–water partition coefficient (Wildman–Crippen LogP) is 6.29. The third-order valence-corrected chi connectivity index (χ3v) is 7.13.